The summed E-state index contributed by atoms with van der Waals surface area (Å²) in [5.74, 6) is 0.452. The molecule has 0 aliphatic heterocycles. The SMILES string of the molecule is [2H]c1c([2H])c([2H])c(-c2nc(-c3ccccc3)nc(-c3cc(-n4c5ccccc5c5ccccc54)cc4c3oc3c(-c5cccc6ccccc56)cccc34)n2)c([2H])c1[2H]. The fourth-order valence-electron chi connectivity index (χ4n) is 7.74. The summed E-state index contributed by atoms with van der Waals surface area (Å²) >= 11 is 0. The molecule has 0 saturated heterocycles. The highest BCUT2D eigenvalue weighted by atomic mass is 16.3. The number of nitrogens with zero attached hydrogens (tertiary/aromatic N) is 4. The number of benzene rings is 8. The van der Waals surface area contributed by atoms with Crippen molar-refractivity contribution in [2.75, 3.05) is 0 Å². The zero-order valence-electron chi connectivity index (χ0n) is 33.6. The van der Waals surface area contributed by atoms with Gasteiger partial charge in [-0.25, -0.2) is 15.0 Å². The van der Waals surface area contributed by atoms with Crippen LogP contribution in [0.25, 0.3) is 105 Å². The minimum Gasteiger partial charge on any atom is -0.455 e. The lowest BCUT2D eigenvalue weighted by atomic mass is 9.96. The minimum absolute atomic E-state index is 0.0474. The van der Waals surface area contributed by atoms with Crippen molar-refractivity contribution in [2.45, 2.75) is 0 Å². The van der Waals surface area contributed by atoms with Gasteiger partial charge in [0.2, 0.25) is 0 Å². The molecule has 0 atom stereocenters. The Morgan fingerprint density at radius 2 is 1.00 bits per heavy atom. The van der Waals surface area contributed by atoms with Crippen molar-refractivity contribution < 1.29 is 11.3 Å². The van der Waals surface area contributed by atoms with Crippen LogP contribution in [0.5, 0.6) is 0 Å². The van der Waals surface area contributed by atoms with E-state index in [0.29, 0.717) is 22.3 Å². The molecule has 0 fully saturated rings. The summed E-state index contributed by atoms with van der Waals surface area (Å²) in [6, 6.07) is 48.7. The molecule has 5 nitrogen and oxygen atoms in total. The van der Waals surface area contributed by atoms with Gasteiger partial charge in [0.05, 0.1) is 23.5 Å². The summed E-state index contributed by atoms with van der Waals surface area (Å²) in [6.07, 6.45) is 0. The van der Waals surface area contributed by atoms with Crippen molar-refractivity contribution in [3.8, 4) is 51.0 Å². The topological polar surface area (TPSA) is 56.7 Å². The third-order valence-electron chi connectivity index (χ3n) is 10.1. The van der Waals surface area contributed by atoms with Crippen LogP contribution in [-0.2, 0) is 0 Å². The Morgan fingerprint density at radius 3 is 1.78 bits per heavy atom. The van der Waals surface area contributed by atoms with Crippen LogP contribution in [0.3, 0.4) is 0 Å². The van der Waals surface area contributed by atoms with E-state index in [2.05, 4.69) is 77.4 Å². The van der Waals surface area contributed by atoms with E-state index in [4.69, 9.17) is 26.2 Å². The van der Waals surface area contributed by atoms with Crippen LogP contribution in [0.1, 0.15) is 6.85 Å². The zero-order valence-corrected chi connectivity index (χ0v) is 28.6. The first kappa shape index (κ1) is 25.6. The van der Waals surface area contributed by atoms with Gasteiger partial charge in [0, 0.05) is 43.9 Å². The molecule has 11 rings (SSSR count). The first-order valence-corrected chi connectivity index (χ1v) is 17.7. The number of rotatable bonds is 5. The van der Waals surface area contributed by atoms with E-state index in [-0.39, 0.29) is 23.0 Å². The van der Waals surface area contributed by atoms with E-state index in [1.807, 2.05) is 78.9 Å². The van der Waals surface area contributed by atoms with Crippen molar-refractivity contribution in [3.63, 3.8) is 0 Å². The van der Waals surface area contributed by atoms with Gasteiger partial charge in [-0.05, 0) is 40.6 Å². The fourth-order valence-corrected chi connectivity index (χ4v) is 7.74. The van der Waals surface area contributed by atoms with Crippen LogP contribution in [0.4, 0.5) is 0 Å². The average Bonchev–Trinajstić information content (AvgIpc) is 3.83. The molecule has 0 N–H and O–H groups in total. The summed E-state index contributed by atoms with van der Waals surface area (Å²) in [4.78, 5) is 14.8. The molecule has 0 aliphatic carbocycles. The van der Waals surface area contributed by atoms with Crippen LogP contribution in [-0.4, -0.2) is 19.5 Å². The van der Waals surface area contributed by atoms with E-state index in [1.165, 1.54) is 0 Å². The Hall–Kier alpha value is -7.37. The molecule has 11 aromatic rings. The second-order valence-corrected chi connectivity index (χ2v) is 13.2. The van der Waals surface area contributed by atoms with E-state index in [0.717, 1.165) is 60.2 Å². The Morgan fingerprint density at radius 1 is 0.426 bits per heavy atom. The molecule has 8 aromatic carbocycles. The van der Waals surface area contributed by atoms with Crippen LogP contribution >= 0.6 is 0 Å². The molecule has 3 heterocycles. The third kappa shape index (κ3) is 4.76. The van der Waals surface area contributed by atoms with Crippen molar-refractivity contribution in [2.24, 2.45) is 0 Å². The molecule has 0 radical (unpaired) electrons. The number of furan rings is 1. The van der Waals surface area contributed by atoms with Crippen LogP contribution in [0, 0.1) is 0 Å². The summed E-state index contributed by atoms with van der Waals surface area (Å²) in [5.41, 5.74) is 7.18. The number of fused-ring (bicyclic) bond motifs is 7. The van der Waals surface area contributed by atoms with Crippen molar-refractivity contribution in [1.29, 1.82) is 0 Å². The van der Waals surface area contributed by atoms with Gasteiger partial charge < -0.3 is 8.98 Å². The maximum atomic E-state index is 8.88. The molecule has 252 valence electrons. The Labute approximate surface area is 317 Å². The molecular weight excluding hydrogens is 661 g/mol. The maximum Gasteiger partial charge on any atom is 0.167 e. The lowest BCUT2D eigenvalue weighted by Crippen LogP contribution is -2.01. The maximum absolute atomic E-state index is 8.88. The van der Waals surface area contributed by atoms with Gasteiger partial charge in [-0.3, -0.25) is 0 Å². The Balaban J connectivity index is 1.28. The fraction of sp³-hybridized carbons (Fsp3) is 0. The number of aromatic nitrogens is 4. The quantitative estimate of drug-likeness (QED) is 0.180. The molecule has 0 unspecified atom stereocenters. The summed E-state index contributed by atoms with van der Waals surface area (Å²) in [5, 5.41) is 6.17. The number of para-hydroxylation sites is 3. The van der Waals surface area contributed by atoms with Crippen molar-refractivity contribution >= 4 is 54.5 Å². The molecule has 0 amide bonds. The van der Waals surface area contributed by atoms with Gasteiger partial charge >= 0.3 is 0 Å². The molecule has 0 spiro atoms. The predicted molar refractivity (Wildman–Crippen MR) is 221 cm³/mol. The monoisotopic (exact) mass is 695 g/mol. The molecule has 0 aliphatic rings. The van der Waals surface area contributed by atoms with E-state index >= 15 is 0 Å². The molecule has 0 bridgehead atoms. The van der Waals surface area contributed by atoms with Gasteiger partial charge in [-0.15, -0.1) is 0 Å². The second-order valence-electron chi connectivity index (χ2n) is 13.2. The van der Waals surface area contributed by atoms with Crippen molar-refractivity contribution in [3.05, 3.63) is 182 Å². The molecule has 5 heteroatoms. The van der Waals surface area contributed by atoms with Crippen molar-refractivity contribution in [1.82, 2.24) is 19.5 Å². The van der Waals surface area contributed by atoms with Gasteiger partial charge in [0.15, 0.2) is 17.5 Å². The van der Waals surface area contributed by atoms with Gasteiger partial charge in [0.25, 0.3) is 0 Å². The standard InChI is InChI=1S/C49H30N4O/c1-3-16-32(17-4-1)47-50-48(33-18-5-2-6-19-33)52-49(51-47)42-30-34(53-43-27-11-9-22-37(43)38-23-10-12-28-44(38)53)29-41-40-26-14-25-39(45(40)54-46(41)42)36-24-13-20-31-15-7-8-21-35(31)36/h1-30H/i1D,3D,4D,16D,17D. The van der Waals surface area contributed by atoms with Crippen LogP contribution < -0.4 is 0 Å². The Bertz CT molecular complexity index is 3440. The van der Waals surface area contributed by atoms with Crippen LogP contribution in [0.15, 0.2) is 186 Å². The molecule has 54 heavy (non-hydrogen) atoms. The highest BCUT2D eigenvalue weighted by Crippen LogP contribution is 2.43. The third-order valence-corrected chi connectivity index (χ3v) is 10.1. The highest BCUT2D eigenvalue weighted by Gasteiger charge is 2.23. The average molecular weight is 696 g/mol. The second kappa shape index (κ2) is 12.1. The summed E-state index contributed by atoms with van der Waals surface area (Å²) in [7, 11) is 0. The number of hydrogen-bond donors (Lipinski definition) is 0. The van der Waals surface area contributed by atoms with Gasteiger partial charge in [-0.2, -0.15) is 0 Å². The predicted octanol–water partition coefficient (Wildman–Crippen LogP) is 12.7. The van der Waals surface area contributed by atoms with Crippen LogP contribution in [0.2, 0.25) is 0 Å². The van der Waals surface area contributed by atoms with E-state index in [1.54, 1.807) is 0 Å². The van der Waals surface area contributed by atoms with E-state index in [9.17, 15) is 0 Å². The summed E-state index contributed by atoms with van der Waals surface area (Å²) < 4.78 is 52.2. The lowest BCUT2D eigenvalue weighted by Gasteiger charge is -2.12. The smallest absolute Gasteiger partial charge is 0.167 e. The molecule has 3 aromatic heterocycles. The largest absolute Gasteiger partial charge is 0.455 e. The summed E-state index contributed by atoms with van der Waals surface area (Å²) in [6.45, 7) is 0. The Kier molecular flexibility index (Phi) is 5.73. The molecular formula is C49H30N4O. The highest BCUT2D eigenvalue weighted by molar-refractivity contribution is 6.16. The first-order chi connectivity index (χ1) is 28.9. The van der Waals surface area contributed by atoms with Gasteiger partial charge in [0.1, 0.15) is 11.2 Å². The lowest BCUT2D eigenvalue weighted by molar-refractivity contribution is 0.670. The first-order valence-electron chi connectivity index (χ1n) is 20.2. The normalized spacial score (nSPS) is 13.0. The number of hydrogen-bond acceptors (Lipinski definition) is 4. The molecule has 0 saturated carbocycles. The van der Waals surface area contributed by atoms with E-state index < -0.39 is 30.2 Å². The minimum atomic E-state index is -0.494. The van der Waals surface area contributed by atoms with Gasteiger partial charge in [-0.1, -0.05) is 158 Å². The zero-order chi connectivity index (χ0) is 39.9.